The van der Waals surface area contributed by atoms with Crippen LogP contribution >= 0.6 is 0 Å². The number of benzene rings is 2. The molecule has 0 unspecified atom stereocenters. The molecule has 34 heavy (non-hydrogen) atoms. The average Bonchev–Trinajstić information content (AvgIpc) is 2.78. The Morgan fingerprint density at radius 1 is 1.06 bits per heavy atom. The van der Waals surface area contributed by atoms with Crippen molar-refractivity contribution in [3.63, 3.8) is 0 Å². The van der Waals surface area contributed by atoms with Gasteiger partial charge in [0, 0.05) is 19.2 Å². The Kier molecular flexibility index (Phi) is 6.49. The minimum atomic E-state index is -0.724. The Morgan fingerprint density at radius 3 is 2.53 bits per heavy atom. The Balaban J connectivity index is 1.66. The number of carbonyl (C=O) groups excluding carboxylic acids is 3. The normalized spacial score (nSPS) is 14.9. The number of hydrogen-bond donors (Lipinski definition) is 1. The smallest absolute Gasteiger partial charge is 0.340 e. The molecule has 1 N–H and O–H groups in total. The van der Waals surface area contributed by atoms with E-state index >= 15 is 0 Å². The average molecular weight is 463 g/mol. The lowest BCUT2D eigenvalue weighted by Crippen LogP contribution is -2.33. The number of amides is 1. The largest absolute Gasteiger partial charge is 0.423 e. The van der Waals surface area contributed by atoms with Crippen molar-refractivity contribution < 1.29 is 28.3 Å². The quantitative estimate of drug-likeness (QED) is 0.349. The van der Waals surface area contributed by atoms with Crippen molar-refractivity contribution in [1.82, 2.24) is 5.32 Å². The molecule has 4 rings (SSSR count). The summed E-state index contributed by atoms with van der Waals surface area (Å²) in [5, 5.41) is 3.52. The summed E-state index contributed by atoms with van der Waals surface area (Å²) in [5.74, 6) is -1.77. The minimum absolute atomic E-state index is 0.0261. The minimum Gasteiger partial charge on any atom is -0.423 e. The first-order chi connectivity index (χ1) is 16.2. The second-order valence-corrected chi connectivity index (χ2v) is 8.34. The molecule has 2 aromatic carbocycles. The van der Waals surface area contributed by atoms with Gasteiger partial charge in [0.25, 0.3) is 0 Å². The molecule has 0 saturated carbocycles. The van der Waals surface area contributed by atoms with Crippen LogP contribution in [-0.2, 0) is 27.2 Å². The van der Waals surface area contributed by atoms with Gasteiger partial charge in [-0.3, -0.25) is 14.4 Å². The number of aryl methyl sites for hydroxylation is 2. The van der Waals surface area contributed by atoms with Crippen LogP contribution in [-0.4, -0.2) is 17.8 Å². The maximum Gasteiger partial charge on any atom is 0.340 e. The summed E-state index contributed by atoms with van der Waals surface area (Å²) in [6, 6.07) is 11.0. The van der Waals surface area contributed by atoms with E-state index in [-0.39, 0.29) is 41.0 Å². The summed E-state index contributed by atoms with van der Waals surface area (Å²) in [5.41, 5.74) is 2.31. The van der Waals surface area contributed by atoms with E-state index in [1.54, 1.807) is 13.0 Å². The first-order valence-corrected chi connectivity index (χ1v) is 11.1. The van der Waals surface area contributed by atoms with Gasteiger partial charge in [0.15, 0.2) is 11.3 Å². The van der Waals surface area contributed by atoms with Crippen molar-refractivity contribution in [2.24, 2.45) is 0 Å². The molecule has 1 aromatic heterocycles. The molecule has 0 spiro atoms. The lowest BCUT2D eigenvalue weighted by atomic mass is 9.87. The van der Waals surface area contributed by atoms with Gasteiger partial charge in [-0.05, 0) is 55.0 Å². The van der Waals surface area contributed by atoms with E-state index in [1.807, 2.05) is 18.2 Å². The second-order valence-electron chi connectivity index (χ2n) is 8.34. The van der Waals surface area contributed by atoms with Gasteiger partial charge in [-0.25, -0.2) is 4.79 Å². The number of esters is 2. The van der Waals surface area contributed by atoms with Crippen LogP contribution in [0.2, 0.25) is 0 Å². The molecule has 0 saturated heterocycles. The summed E-state index contributed by atoms with van der Waals surface area (Å²) in [4.78, 5) is 48.8. The van der Waals surface area contributed by atoms with Crippen LogP contribution in [0.4, 0.5) is 0 Å². The third kappa shape index (κ3) is 4.71. The van der Waals surface area contributed by atoms with Crippen LogP contribution in [0.5, 0.6) is 11.5 Å². The van der Waals surface area contributed by atoms with E-state index < -0.39 is 17.6 Å². The van der Waals surface area contributed by atoms with E-state index in [0.29, 0.717) is 10.9 Å². The predicted molar refractivity (Wildman–Crippen MR) is 124 cm³/mol. The molecule has 0 radical (unpaired) electrons. The molecule has 8 nitrogen and oxygen atoms in total. The van der Waals surface area contributed by atoms with Crippen molar-refractivity contribution in [2.45, 2.75) is 52.5 Å². The second kappa shape index (κ2) is 9.51. The van der Waals surface area contributed by atoms with E-state index in [4.69, 9.17) is 13.9 Å². The van der Waals surface area contributed by atoms with Crippen LogP contribution in [0.1, 0.15) is 55.0 Å². The SMILES string of the molecule is CC(=O)Oc1ccc2c(C)c(CC(=O)N[C@@H]3CCCc4ccccc43)c(=O)oc2c1OC(C)=O. The molecule has 1 aliphatic rings. The highest BCUT2D eigenvalue weighted by Gasteiger charge is 2.24. The van der Waals surface area contributed by atoms with Crippen LogP contribution in [0, 0.1) is 6.92 Å². The van der Waals surface area contributed by atoms with Crippen molar-refractivity contribution in [2.75, 3.05) is 0 Å². The fraction of sp³-hybridized carbons (Fsp3) is 0.308. The van der Waals surface area contributed by atoms with Crippen molar-refractivity contribution in [3.05, 3.63) is 69.1 Å². The van der Waals surface area contributed by atoms with E-state index in [9.17, 15) is 19.2 Å². The summed E-state index contributed by atoms with van der Waals surface area (Å²) >= 11 is 0. The first kappa shape index (κ1) is 23.2. The van der Waals surface area contributed by atoms with Gasteiger partial charge in [0.05, 0.1) is 18.0 Å². The Labute approximate surface area is 195 Å². The van der Waals surface area contributed by atoms with Gasteiger partial charge < -0.3 is 19.2 Å². The molecule has 8 heteroatoms. The Bertz CT molecular complexity index is 1360. The monoisotopic (exact) mass is 463 g/mol. The van der Waals surface area contributed by atoms with Crippen molar-refractivity contribution in [3.8, 4) is 11.5 Å². The third-order valence-electron chi connectivity index (χ3n) is 5.92. The van der Waals surface area contributed by atoms with Gasteiger partial charge in [-0.15, -0.1) is 0 Å². The van der Waals surface area contributed by atoms with Crippen LogP contribution in [0.3, 0.4) is 0 Å². The van der Waals surface area contributed by atoms with E-state index in [1.165, 1.54) is 25.5 Å². The molecule has 0 bridgehead atoms. The summed E-state index contributed by atoms with van der Waals surface area (Å²) in [6.45, 7) is 4.08. The number of fused-ring (bicyclic) bond motifs is 2. The molecule has 1 atom stereocenters. The van der Waals surface area contributed by atoms with Gasteiger partial charge in [0.2, 0.25) is 11.7 Å². The molecule has 0 fully saturated rings. The standard InChI is InChI=1S/C26H25NO7/c1-14-18-11-12-22(32-15(2)28)25(33-16(3)29)24(18)34-26(31)20(14)13-23(30)27-21-10-6-8-17-7-4-5-9-19(17)21/h4-5,7,9,11-12,21H,6,8,10,13H2,1-3H3,(H,27,30)/t21-/m1/s1. The zero-order valence-corrected chi connectivity index (χ0v) is 19.2. The number of carbonyl (C=O) groups is 3. The lowest BCUT2D eigenvalue weighted by molar-refractivity contribution is -0.134. The van der Waals surface area contributed by atoms with Gasteiger partial charge in [-0.1, -0.05) is 24.3 Å². The Hall–Kier alpha value is -3.94. The predicted octanol–water partition coefficient (Wildman–Crippen LogP) is 3.69. The maximum absolute atomic E-state index is 12.9. The fourth-order valence-electron chi connectivity index (χ4n) is 4.40. The maximum atomic E-state index is 12.9. The zero-order chi connectivity index (χ0) is 24.4. The summed E-state index contributed by atoms with van der Waals surface area (Å²) < 4.78 is 15.8. The van der Waals surface area contributed by atoms with E-state index in [0.717, 1.165) is 24.8 Å². The molecule has 176 valence electrons. The molecule has 1 amide bonds. The molecule has 3 aromatic rings. The number of nitrogens with one attached hydrogen (secondary N) is 1. The molecular formula is C26H25NO7. The molecular weight excluding hydrogens is 438 g/mol. The topological polar surface area (TPSA) is 112 Å². The highest BCUT2D eigenvalue weighted by Crippen LogP contribution is 2.37. The van der Waals surface area contributed by atoms with E-state index in [2.05, 4.69) is 11.4 Å². The number of rotatable bonds is 5. The van der Waals surface area contributed by atoms with Gasteiger partial charge >= 0.3 is 17.6 Å². The Morgan fingerprint density at radius 2 is 1.79 bits per heavy atom. The van der Waals surface area contributed by atoms with Crippen LogP contribution in [0.15, 0.2) is 45.6 Å². The van der Waals surface area contributed by atoms with Crippen LogP contribution < -0.4 is 20.4 Å². The third-order valence-corrected chi connectivity index (χ3v) is 5.92. The summed E-state index contributed by atoms with van der Waals surface area (Å²) in [6.07, 6.45) is 2.63. The zero-order valence-electron chi connectivity index (χ0n) is 19.2. The number of ether oxygens (including phenoxy) is 2. The first-order valence-electron chi connectivity index (χ1n) is 11.1. The fourth-order valence-corrected chi connectivity index (χ4v) is 4.40. The van der Waals surface area contributed by atoms with Crippen molar-refractivity contribution >= 4 is 28.8 Å². The summed E-state index contributed by atoms with van der Waals surface area (Å²) in [7, 11) is 0. The molecule has 0 aliphatic heterocycles. The highest BCUT2D eigenvalue weighted by molar-refractivity contribution is 5.92. The highest BCUT2D eigenvalue weighted by atomic mass is 16.6. The molecule has 1 heterocycles. The lowest BCUT2D eigenvalue weighted by Gasteiger charge is -2.26. The van der Waals surface area contributed by atoms with Gasteiger partial charge in [0.1, 0.15) is 0 Å². The van der Waals surface area contributed by atoms with Crippen molar-refractivity contribution in [1.29, 1.82) is 0 Å². The molecule has 1 aliphatic carbocycles. The van der Waals surface area contributed by atoms with Crippen LogP contribution in [0.25, 0.3) is 11.0 Å². The number of hydrogen-bond acceptors (Lipinski definition) is 7. The van der Waals surface area contributed by atoms with Gasteiger partial charge in [-0.2, -0.15) is 0 Å².